The second-order valence-electron chi connectivity index (χ2n) is 8.17. The molecular formula is C24H22FN5O. The van der Waals surface area contributed by atoms with Crippen molar-refractivity contribution in [3.05, 3.63) is 70.5 Å². The van der Waals surface area contributed by atoms with E-state index in [0.29, 0.717) is 57.2 Å². The van der Waals surface area contributed by atoms with Crippen LogP contribution in [0.25, 0.3) is 38.9 Å². The highest BCUT2D eigenvalue weighted by Gasteiger charge is 2.23. The predicted octanol–water partition coefficient (Wildman–Crippen LogP) is 4.78. The Bertz CT molecular complexity index is 1520. The third kappa shape index (κ3) is 3.08. The molecule has 3 aromatic heterocycles. The molecule has 0 unspecified atom stereocenters. The Kier molecular flexibility index (Phi) is 4.54. The number of halogens is 1. The van der Waals surface area contributed by atoms with Crippen molar-refractivity contribution in [3.63, 3.8) is 0 Å². The van der Waals surface area contributed by atoms with E-state index in [-0.39, 0.29) is 5.56 Å². The first kappa shape index (κ1) is 19.4. The molecule has 3 heterocycles. The lowest BCUT2D eigenvalue weighted by atomic mass is 10.1. The Morgan fingerprint density at radius 2 is 1.61 bits per heavy atom. The van der Waals surface area contributed by atoms with Crippen LogP contribution in [0.4, 0.5) is 4.39 Å². The highest BCUT2D eigenvalue weighted by atomic mass is 19.1. The Balaban J connectivity index is 1.95. The number of aromatic nitrogens is 5. The molecule has 0 aliphatic heterocycles. The second-order valence-corrected chi connectivity index (χ2v) is 8.17. The van der Waals surface area contributed by atoms with Crippen molar-refractivity contribution in [2.24, 2.45) is 5.92 Å². The van der Waals surface area contributed by atoms with E-state index in [9.17, 15) is 9.18 Å². The van der Waals surface area contributed by atoms with Gasteiger partial charge in [0, 0.05) is 6.54 Å². The summed E-state index contributed by atoms with van der Waals surface area (Å²) >= 11 is 0. The molecule has 0 saturated heterocycles. The number of hydrogen-bond acceptors (Lipinski definition) is 4. The smallest absolute Gasteiger partial charge is 0.265 e. The van der Waals surface area contributed by atoms with Crippen molar-refractivity contribution in [3.8, 4) is 5.69 Å². The Morgan fingerprint density at radius 3 is 2.32 bits per heavy atom. The number of aryl methyl sites for hydroxylation is 1. The maximum atomic E-state index is 14.8. The van der Waals surface area contributed by atoms with Crippen LogP contribution in [0.5, 0.6) is 0 Å². The van der Waals surface area contributed by atoms with Crippen molar-refractivity contribution in [2.75, 3.05) is 0 Å². The van der Waals surface area contributed by atoms with Crippen LogP contribution in [0, 0.1) is 18.7 Å². The highest BCUT2D eigenvalue weighted by molar-refractivity contribution is 6.05. The molecule has 0 spiro atoms. The SMILES string of the molecule is Cc1nc2c(c(=O)n1CCC(C)C)c1nc3ccccc3nc1n2-c1ccccc1F. The zero-order valence-corrected chi connectivity index (χ0v) is 17.6. The van der Waals surface area contributed by atoms with Gasteiger partial charge in [-0.15, -0.1) is 0 Å². The van der Waals surface area contributed by atoms with Gasteiger partial charge in [-0.2, -0.15) is 0 Å². The Hall–Kier alpha value is -3.61. The summed E-state index contributed by atoms with van der Waals surface area (Å²) in [4.78, 5) is 27.8. The predicted molar refractivity (Wildman–Crippen MR) is 120 cm³/mol. The van der Waals surface area contributed by atoms with Gasteiger partial charge in [-0.25, -0.2) is 19.3 Å². The van der Waals surface area contributed by atoms with E-state index in [4.69, 9.17) is 15.0 Å². The van der Waals surface area contributed by atoms with E-state index >= 15 is 0 Å². The van der Waals surface area contributed by atoms with Crippen LogP contribution in [0.3, 0.4) is 0 Å². The van der Waals surface area contributed by atoms with Crippen LogP contribution in [0.2, 0.25) is 0 Å². The van der Waals surface area contributed by atoms with Crippen LogP contribution in [0.15, 0.2) is 53.3 Å². The van der Waals surface area contributed by atoms with E-state index in [2.05, 4.69) is 13.8 Å². The third-order valence-corrected chi connectivity index (χ3v) is 5.58. The van der Waals surface area contributed by atoms with Gasteiger partial charge in [0.05, 0.1) is 16.7 Å². The molecule has 2 aromatic carbocycles. The molecule has 0 fully saturated rings. The molecule has 6 nitrogen and oxygen atoms in total. The molecule has 0 bridgehead atoms. The van der Waals surface area contributed by atoms with Gasteiger partial charge in [-0.05, 0) is 43.5 Å². The monoisotopic (exact) mass is 415 g/mol. The molecule has 0 radical (unpaired) electrons. The van der Waals surface area contributed by atoms with E-state index in [1.165, 1.54) is 6.07 Å². The number of fused-ring (bicyclic) bond motifs is 4. The fourth-order valence-corrected chi connectivity index (χ4v) is 3.94. The lowest BCUT2D eigenvalue weighted by molar-refractivity contribution is 0.498. The summed E-state index contributed by atoms with van der Waals surface area (Å²) in [5.74, 6) is 0.619. The second kappa shape index (κ2) is 7.27. The summed E-state index contributed by atoms with van der Waals surface area (Å²) < 4.78 is 18.1. The third-order valence-electron chi connectivity index (χ3n) is 5.58. The largest absolute Gasteiger partial charge is 0.296 e. The average Bonchev–Trinajstić information content (AvgIpc) is 3.05. The lowest BCUT2D eigenvalue weighted by Crippen LogP contribution is -2.24. The summed E-state index contributed by atoms with van der Waals surface area (Å²) in [6.07, 6.45) is 0.856. The van der Waals surface area contributed by atoms with E-state index in [1.54, 1.807) is 27.3 Å². The molecule has 0 saturated carbocycles. The van der Waals surface area contributed by atoms with Gasteiger partial charge >= 0.3 is 0 Å². The standard InChI is InChI=1S/C24H22FN5O/c1-14(2)12-13-29-15(3)26-22-20(24(29)31)21-23(28-18-10-6-5-9-17(18)27-21)30(22)19-11-7-4-8-16(19)25/h4-11,14H,12-13H2,1-3H3. The van der Waals surface area contributed by atoms with Crippen LogP contribution in [-0.2, 0) is 6.54 Å². The van der Waals surface area contributed by atoms with Gasteiger partial charge in [0.15, 0.2) is 11.3 Å². The molecular weight excluding hydrogens is 393 g/mol. The minimum Gasteiger partial charge on any atom is -0.296 e. The summed E-state index contributed by atoms with van der Waals surface area (Å²) in [5.41, 5.74) is 2.70. The molecule has 5 aromatic rings. The number of rotatable bonds is 4. The first-order valence-electron chi connectivity index (χ1n) is 10.4. The number of hydrogen-bond donors (Lipinski definition) is 0. The first-order valence-corrected chi connectivity index (χ1v) is 10.4. The van der Waals surface area contributed by atoms with Gasteiger partial charge in [-0.3, -0.25) is 13.9 Å². The van der Waals surface area contributed by atoms with Crippen LogP contribution in [0.1, 0.15) is 26.1 Å². The topological polar surface area (TPSA) is 65.6 Å². The maximum Gasteiger partial charge on any atom is 0.265 e. The lowest BCUT2D eigenvalue weighted by Gasteiger charge is -2.12. The molecule has 0 aliphatic carbocycles. The van der Waals surface area contributed by atoms with E-state index < -0.39 is 5.82 Å². The maximum absolute atomic E-state index is 14.8. The van der Waals surface area contributed by atoms with Gasteiger partial charge < -0.3 is 0 Å². The van der Waals surface area contributed by atoms with Crippen molar-refractivity contribution in [1.29, 1.82) is 0 Å². The molecule has 0 atom stereocenters. The van der Waals surface area contributed by atoms with Gasteiger partial charge in [0.25, 0.3) is 5.56 Å². The number of benzene rings is 2. The molecule has 5 rings (SSSR count). The zero-order valence-electron chi connectivity index (χ0n) is 17.6. The summed E-state index contributed by atoms with van der Waals surface area (Å²) in [6.45, 7) is 6.61. The van der Waals surface area contributed by atoms with Crippen molar-refractivity contribution >= 4 is 33.2 Å². The minimum atomic E-state index is -0.417. The van der Waals surface area contributed by atoms with E-state index in [0.717, 1.165) is 6.42 Å². The van der Waals surface area contributed by atoms with E-state index in [1.807, 2.05) is 31.2 Å². The Labute approximate surface area is 178 Å². The fourth-order valence-electron chi connectivity index (χ4n) is 3.94. The first-order chi connectivity index (χ1) is 15.0. The minimum absolute atomic E-state index is 0.173. The van der Waals surface area contributed by atoms with Crippen molar-refractivity contribution in [1.82, 2.24) is 24.1 Å². The number of para-hydroxylation sites is 3. The van der Waals surface area contributed by atoms with Crippen molar-refractivity contribution in [2.45, 2.75) is 33.7 Å². The van der Waals surface area contributed by atoms with Gasteiger partial charge in [0.1, 0.15) is 22.5 Å². The summed E-state index contributed by atoms with van der Waals surface area (Å²) in [7, 11) is 0. The molecule has 0 N–H and O–H groups in total. The van der Waals surface area contributed by atoms with Crippen LogP contribution in [-0.4, -0.2) is 24.1 Å². The highest BCUT2D eigenvalue weighted by Crippen LogP contribution is 2.29. The molecule has 0 amide bonds. The van der Waals surface area contributed by atoms with Crippen LogP contribution >= 0.6 is 0 Å². The quantitative estimate of drug-likeness (QED) is 0.424. The Morgan fingerprint density at radius 1 is 0.935 bits per heavy atom. The summed E-state index contributed by atoms with van der Waals surface area (Å²) in [6, 6.07) is 13.9. The van der Waals surface area contributed by atoms with Crippen molar-refractivity contribution < 1.29 is 4.39 Å². The van der Waals surface area contributed by atoms with Crippen LogP contribution < -0.4 is 5.56 Å². The van der Waals surface area contributed by atoms with Gasteiger partial charge in [0.2, 0.25) is 0 Å². The molecule has 156 valence electrons. The molecule has 31 heavy (non-hydrogen) atoms. The average molecular weight is 415 g/mol. The summed E-state index contributed by atoms with van der Waals surface area (Å²) in [5, 5.41) is 0.367. The van der Waals surface area contributed by atoms with Gasteiger partial charge in [-0.1, -0.05) is 38.1 Å². The molecule has 7 heteroatoms. The normalized spacial score (nSPS) is 11.9. The fraction of sp³-hybridized carbons (Fsp3) is 0.250. The number of nitrogens with zero attached hydrogens (tertiary/aromatic N) is 5. The zero-order chi connectivity index (χ0) is 21.7. The molecule has 0 aliphatic rings.